The van der Waals surface area contributed by atoms with E-state index in [1.807, 2.05) is 7.05 Å². The third-order valence-electron chi connectivity index (χ3n) is 5.31. The van der Waals surface area contributed by atoms with Crippen LogP contribution in [0.3, 0.4) is 0 Å². The molecule has 2 aliphatic heterocycles. The van der Waals surface area contributed by atoms with E-state index in [4.69, 9.17) is 9.47 Å². The zero-order valence-electron chi connectivity index (χ0n) is 16.9. The first-order valence-corrected chi connectivity index (χ1v) is 9.66. The summed E-state index contributed by atoms with van der Waals surface area (Å²) >= 11 is 0. The summed E-state index contributed by atoms with van der Waals surface area (Å²) in [6.45, 7) is 12.2. The van der Waals surface area contributed by atoms with Gasteiger partial charge >= 0.3 is 0 Å². The van der Waals surface area contributed by atoms with Crippen LogP contribution < -0.4 is 10.6 Å². The minimum absolute atomic E-state index is 0. The Kier molecular flexibility index (Phi) is 12.0. The van der Waals surface area contributed by atoms with Crippen molar-refractivity contribution in [3.63, 3.8) is 0 Å². The van der Waals surface area contributed by atoms with Gasteiger partial charge in [-0.25, -0.2) is 0 Å². The predicted molar refractivity (Wildman–Crippen MR) is 118 cm³/mol. The van der Waals surface area contributed by atoms with Crippen LogP contribution in [0.15, 0.2) is 4.99 Å². The zero-order valence-corrected chi connectivity index (χ0v) is 19.2. The Morgan fingerprint density at radius 3 is 2.65 bits per heavy atom. The van der Waals surface area contributed by atoms with Crippen LogP contribution in [-0.2, 0) is 9.47 Å². The Labute approximate surface area is 176 Å². The number of hydrogen-bond donors (Lipinski definition) is 2. The molecule has 2 saturated heterocycles. The van der Waals surface area contributed by atoms with E-state index in [1.165, 1.54) is 0 Å². The van der Waals surface area contributed by atoms with E-state index < -0.39 is 0 Å². The SMILES string of the molecule is CN=C(NCC(C)N1CCOCC1C)NC1CCN(CCOC)CC1.I. The van der Waals surface area contributed by atoms with Crippen molar-refractivity contribution in [1.29, 1.82) is 0 Å². The Hall–Kier alpha value is -0.160. The van der Waals surface area contributed by atoms with Crippen LogP contribution in [0.5, 0.6) is 0 Å². The quantitative estimate of drug-likeness (QED) is 0.320. The molecule has 0 aromatic carbocycles. The molecule has 0 bridgehead atoms. The predicted octanol–water partition coefficient (Wildman–Crippen LogP) is 0.989. The van der Waals surface area contributed by atoms with Crippen LogP contribution in [0, 0.1) is 0 Å². The number of nitrogens with zero attached hydrogens (tertiary/aromatic N) is 3. The van der Waals surface area contributed by atoms with Crippen molar-refractivity contribution in [2.45, 2.75) is 44.8 Å². The maximum absolute atomic E-state index is 5.53. The van der Waals surface area contributed by atoms with E-state index in [9.17, 15) is 0 Å². The number of ether oxygens (including phenoxy) is 2. The smallest absolute Gasteiger partial charge is 0.191 e. The molecule has 154 valence electrons. The molecule has 2 atom stereocenters. The minimum atomic E-state index is 0. The van der Waals surface area contributed by atoms with Crippen LogP contribution in [0.4, 0.5) is 0 Å². The second-order valence-electron chi connectivity index (χ2n) is 7.22. The van der Waals surface area contributed by atoms with Gasteiger partial charge in [-0.1, -0.05) is 0 Å². The summed E-state index contributed by atoms with van der Waals surface area (Å²) in [6.07, 6.45) is 2.31. The third-order valence-corrected chi connectivity index (χ3v) is 5.31. The Morgan fingerprint density at radius 2 is 2.04 bits per heavy atom. The van der Waals surface area contributed by atoms with Crippen molar-refractivity contribution < 1.29 is 9.47 Å². The van der Waals surface area contributed by atoms with E-state index in [2.05, 4.69) is 39.3 Å². The number of hydrogen-bond acceptors (Lipinski definition) is 5. The average molecular weight is 483 g/mol. The number of morpholine rings is 1. The molecule has 2 rings (SSSR count). The number of guanidine groups is 1. The maximum Gasteiger partial charge on any atom is 0.191 e. The van der Waals surface area contributed by atoms with Crippen LogP contribution in [-0.4, -0.2) is 101 Å². The molecule has 2 heterocycles. The molecule has 0 saturated carbocycles. The molecule has 0 aromatic rings. The first-order valence-electron chi connectivity index (χ1n) is 9.66. The molecule has 0 spiro atoms. The molecule has 0 radical (unpaired) electrons. The fourth-order valence-electron chi connectivity index (χ4n) is 3.67. The van der Waals surface area contributed by atoms with Crippen LogP contribution in [0.25, 0.3) is 0 Å². The van der Waals surface area contributed by atoms with Gasteiger partial charge in [0, 0.05) is 65.0 Å². The molecule has 2 N–H and O–H groups in total. The van der Waals surface area contributed by atoms with Gasteiger partial charge in [-0.15, -0.1) is 24.0 Å². The number of nitrogens with one attached hydrogen (secondary N) is 2. The highest BCUT2D eigenvalue weighted by Crippen LogP contribution is 2.11. The van der Waals surface area contributed by atoms with E-state index in [0.29, 0.717) is 18.1 Å². The maximum atomic E-state index is 5.53. The van der Waals surface area contributed by atoms with Crippen molar-refractivity contribution in [3.8, 4) is 0 Å². The summed E-state index contributed by atoms with van der Waals surface area (Å²) in [5, 5.41) is 7.09. The molecule has 0 aromatic heterocycles. The first-order chi connectivity index (χ1) is 12.1. The van der Waals surface area contributed by atoms with Crippen LogP contribution in [0.1, 0.15) is 26.7 Å². The number of methoxy groups -OCH3 is 1. The van der Waals surface area contributed by atoms with Gasteiger partial charge in [0.2, 0.25) is 0 Å². The lowest BCUT2D eigenvalue weighted by Gasteiger charge is -2.38. The number of rotatable bonds is 7. The van der Waals surface area contributed by atoms with E-state index in [1.54, 1.807) is 7.11 Å². The lowest BCUT2D eigenvalue weighted by molar-refractivity contribution is -0.0174. The second kappa shape index (κ2) is 13.1. The van der Waals surface area contributed by atoms with Gasteiger partial charge in [-0.05, 0) is 26.7 Å². The fraction of sp³-hybridized carbons (Fsp3) is 0.944. The van der Waals surface area contributed by atoms with Crippen molar-refractivity contribution in [1.82, 2.24) is 20.4 Å². The molecule has 0 amide bonds. The van der Waals surface area contributed by atoms with Crippen molar-refractivity contribution in [2.75, 3.05) is 66.7 Å². The number of aliphatic imine (C=N–C) groups is 1. The molecular formula is C18H38IN5O2. The number of likely N-dealkylation sites (tertiary alicyclic amines) is 1. The van der Waals surface area contributed by atoms with E-state index in [-0.39, 0.29) is 24.0 Å². The van der Waals surface area contributed by atoms with Gasteiger partial charge in [0.25, 0.3) is 0 Å². The van der Waals surface area contributed by atoms with Gasteiger partial charge in [0.15, 0.2) is 5.96 Å². The summed E-state index contributed by atoms with van der Waals surface area (Å²) in [5.41, 5.74) is 0. The van der Waals surface area contributed by atoms with E-state index in [0.717, 1.165) is 71.3 Å². The normalized spacial score (nSPS) is 24.8. The lowest BCUT2D eigenvalue weighted by atomic mass is 10.1. The summed E-state index contributed by atoms with van der Waals surface area (Å²) < 4.78 is 10.7. The van der Waals surface area contributed by atoms with Gasteiger partial charge in [0.05, 0.1) is 19.8 Å². The number of halogens is 1. The lowest BCUT2D eigenvalue weighted by Crippen LogP contribution is -2.54. The largest absolute Gasteiger partial charge is 0.383 e. The van der Waals surface area contributed by atoms with Gasteiger partial charge < -0.3 is 25.0 Å². The van der Waals surface area contributed by atoms with Crippen molar-refractivity contribution >= 4 is 29.9 Å². The van der Waals surface area contributed by atoms with Crippen LogP contribution in [0.2, 0.25) is 0 Å². The highest BCUT2D eigenvalue weighted by molar-refractivity contribution is 14.0. The molecule has 26 heavy (non-hydrogen) atoms. The highest BCUT2D eigenvalue weighted by atomic mass is 127. The first kappa shape index (κ1) is 23.9. The molecule has 2 aliphatic rings. The molecule has 2 fully saturated rings. The van der Waals surface area contributed by atoms with Gasteiger partial charge in [0.1, 0.15) is 0 Å². The fourth-order valence-corrected chi connectivity index (χ4v) is 3.67. The molecule has 2 unspecified atom stereocenters. The summed E-state index contributed by atoms with van der Waals surface area (Å²) in [7, 11) is 3.62. The highest BCUT2D eigenvalue weighted by Gasteiger charge is 2.24. The minimum Gasteiger partial charge on any atom is -0.383 e. The molecule has 8 heteroatoms. The molecular weight excluding hydrogens is 445 g/mol. The summed E-state index contributed by atoms with van der Waals surface area (Å²) in [4.78, 5) is 9.39. The van der Waals surface area contributed by atoms with Gasteiger partial charge in [-0.2, -0.15) is 0 Å². The van der Waals surface area contributed by atoms with Gasteiger partial charge in [-0.3, -0.25) is 9.89 Å². The Bertz CT molecular complexity index is 405. The monoisotopic (exact) mass is 483 g/mol. The Morgan fingerprint density at radius 1 is 1.31 bits per heavy atom. The molecule has 7 nitrogen and oxygen atoms in total. The van der Waals surface area contributed by atoms with E-state index >= 15 is 0 Å². The second-order valence-corrected chi connectivity index (χ2v) is 7.22. The third kappa shape index (κ3) is 7.84. The Balaban J connectivity index is 0.00000338. The van der Waals surface area contributed by atoms with Crippen LogP contribution >= 0.6 is 24.0 Å². The van der Waals surface area contributed by atoms with Crippen molar-refractivity contribution in [3.05, 3.63) is 0 Å². The zero-order chi connectivity index (χ0) is 18.1. The standard InChI is InChI=1S/C18H37N5O2.HI/c1-15(23-10-12-25-14-16(23)2)13-20-18(19-3)21-17-5-7-22(8-6-17)9-11-24-4;/h15-17H,5-14H2,1-4H3,(H2,19,20,21);1H. The average Bonchev–Trinajstić information content (AvgIpc) is 2.64. The molecule has 0 aliphatic carbocycles. The topological polar surface area (TPSA) is 61.4 Å². The summed E-state index contributed by atoms with van der Waals surface area (Å²) in [6, 6.07) is 1.45. The number of piperidine rings is 1. The summed E-state index contributed by atoms with van der Waals surface area (Å²) in [5.74, 6) is 0.920. The van der Waals surface area contributed by atoms with Crippen molar-refractivity contribution in [2.24, 2.45) is 4.99 Å².